The maximum atomic E-state index is 13.4. The van der Waals surface area contributed by atoms with Crippen LogP contribution in [0.15, 0.2) is 52.3 Å². The lowest BCUT2D eigenvalue weighted by Crippen LogP contribution is -2.34. The Hall–Kier alpha value is -1.94. The van der Waals surface area contributed by atoms with Crippen LogP contribution in [0, 0.1) is 0 Å². The molecule has 1 N–H and O–H groups in total. The first-order chi connectivity index (χ1) is 15.4. The first kappa shape index (κ1) is 23.2. The fourth-order valence-electron chi connectivity index (χ4n) is 4.45. The second-order valence-corrected chi connectivity index (χ2v) is 9.60. The molecule has 0 spiro atoms. The molecule has 1 saturated heterocycles. The molecular weight excluding hydrogens is 439 g/mol. The number of halogens is 3. The zero-order valence-electron chi connectivity index (χ0n) is 17.9. The molecule has 2 aliphatic rings. The summed E-state index contributed by atoms with van der Waals surface area (Å²) >= 11 is 0. The van der Waals surface area contributed by atoms with Crippen molar-refractivity contribution >= 4 is 22.2 Å². The molecule has 174 valence electrons. The third kappa shape index (κ3) is 5.01. The summed E-state index contributed by atoms with van der Waals surface area (Å²) in [5.74, 6) is 0. The van der Waals surface area contributed by atoms with Gasteiger partial charge in [-0.15, -0.1) is 0 Å². The van der Waals surface area contributed by atoms with Gasteiger partial charge in [0.25, 0.3) is 0 Å². The summed E-state index contributed by atoms with van der Waals surface area (Å²) in [7, 11) is -1.51. The molecular formula is C23H28F3N3O2S. The molecule has 1 atom stereocenters. The van der Waals surface area contributed by atoms with Crippen LogP contribution >= 0.6 is 0 Å². The number of aliphatic hydroxyl groups excluding tert-OH is 1. The Labute approximate surface area is 188 Å². The van der Waals surface area contributed by atoms with E-state index in [1.807, 2.05) is 17.0 Å². The van der Waals surface area contributed by atoms with E-state index >= 15 is 0 Å². The SMILES string of the molecule is O=S1c2ccccc2N(CCCN2CCCN(CCO)CC2)c2cc(C(F)(F)F)ccc21. The van der Waals surface area contributed by atoms with Gasteiger partial charge in [0, 0.05) is 26.2 Å². The summed E-state index contributed by atoms with van der Waals surface area (Å²) < 4.78 is 53.2. The van der Waals surface area contributed by atoms with Gasteiger partial charge in [0.15, 0.2) is 0 Å². The molecule has 0 aromatic heterocycles. The van der Waals surface area contributed by atoms with Gasteiger partial charge in [0.2, 0.25) is 0 Å². The van der Waals surface area contributed by atoms with Crippen molar-refractivity contribution in [2.24, 2.45) is 0 Å². The number of anilines is 2. The van der Waals surface area contributed by atoms with Gasteiger partial charge in [-0.1, -0.05) is 12.1 Å². The summed E-state index contributed by atoms with van der Waals surface area (Å²) in [5.41, 5.74) is 0.360. The summed E-state index contributed by atoms with van der Waals surface area (Å²) in [6.07, 6.45) is -2.65. The van der Waals surface area contributed by atoms with Crippen LogP contribution in [0.1, 0.15) is 18.4 Å². The van der Waals surface area contributed by atoms with Gasteiger partial charge in [-0.25, -0.2) is 4.21 Å². The van der Waals surface area contributed by atoms with E-state index < -0.39 is 22.5 Å². The molecule has 0 radical (unpaired) electrons. The minimum Gasteiger partial charge on any atom is -0.395 e. The minimum atomic E-state index is -4.45. The molecule has 2 aromatic rings. The molecule has 1 fully saturated rings. The quantitative estimate of drug-likeness (QED) is 0.702. The lowest BCUT2D eigenvalue weighted by atomic mass is 10.1. The van der Waals surface area contributed by atoms with Crippen molar-refractivity contribution in [1.82, 2.24) is 9.80 Å². The van der Waals surface area contributed by atoms with Crippen molar-refractivity contribution in [3.8, 4) is 0 Å². The van der Waals surface area contributed by atoms with Crippen LogP contribution in [0.5, 0.6) is 0 Å². The number of para-hydroxylation sites is 1. The van der Waals surface area contributed by atoms with Crippen LogP contribution in [0.25, 0.3) is 0 Å². The van der Waals surface area contributed by atoms with Gasteiger partial charge >= 0.3 is 6.18 Å². The number of aliphatic hydroxyl groups is 1. The topological polar surface area (TPSA) is 47.0 Å². The van der Waals surface area contributed by atoms with E-state index in [-0.39, 0.29) is 6.61 Å². The van der Waals surface area contributed by atoms with Crippen LogP contribution in [-0.2, 0) is 17.0 Å². The highest BCUT2D eigenvalue weighted by molar-refractivity contribution is 7.85. The molecule has 0 amide bonds. The van der Waals surface area contributed by atoms with Crippen LogP contribution in [0.4, 0.5) is 24.5 Å². The molecule has 1 unspecified atom stereocenters. The van der Waals surface area contributed by atoms with E-state index in [4.69, 9.17) is 5.11 Å². The monoisotopic (exact) mass is 467 g/mol. The first-order valence-electron chi connectivity index (χ1n) is 10.9. The zero-order chi connectivity index (χ0) is 22.7. The number of fused-ring (bicyclic) bond motifs is 2. The standard InChI is InChI=1S/C23H28F3N3O2S/c24-23(25,26)18-7-8-22-20(17-18)29(19-5-1-2-6-21(19)32(22)31)12-4-11-27-9-3-10-28(14-13-27)15-16-30/h1-2,5-8,17,30H,3-4,9-16H2. The normalized spacial score (nSPS) is 20.0. The molecule has 2 heterocycles. The van der Waals surface area contributed by atoms with Gasteiger partial charge in [-0.3, -0.25) is 4.90 Å². The van der Waals surface area contributed by atoms with Gasteiger partial charge in [-0.05, 0) is 62.8 Å². The third-order valence-corrected chi connectivity index (χ3v) is 7.58. The van der Waals surface area contributed by atoms with Crippen LogP contribution in [-0.4, -0.2) is 71.5 Å². The highest BCUT2D eigenvalue weighted by Crippen LogP contribution is 2.44. The van der Waals surface area contributed by atoms with Crippen molar-refractivity contribution in [3.63, 3.8) is 0 Å². The van der Waals surface area contributed by atoms with E-state index in [1.165, 1.54) is 6.07 Å². The smallest absolute Gasteiger partial charge is 0.395 e. The molecule has 5 nitrogen and oxygen atoms in total. The molecule has 0 bridgehead atoms. The van der Waals surface area contributed by atoms with Crippen molar-refractivity contribution in [2.75, 3.05) is 57.3 Å². The summed E-state index contributed by atoms with van der Waals surface area (Å²) in [6, 6.07) is 10.7. The number of nitrogens with zero attached hydrogens (tertiary/aromatic N) is 3. The highest BCUT2D eigenvalue weighted by atomic mass is 32.2. The third-order valence-electron chi connectivity index (χ3n) is 6.09. The van der Waals surface area contributed by atoms with E-state index in [1.54, 1.807) is 12.1 Å². The largest absolute Gasteiger partial charge is 0.416 e. The predicted molar refractivity (Wildman–Crippen MR) is 119 cm³/mol. The second-order valence-electron chi connectivity index (χ2n) is 8.18. The van der Waals surface area contributed by atoms with Crippen LogP contribution in [0.2, 0.25) is 0 Å². The Kier molecular flexibility index (Phi) is 7.19. The molecule has 2 aromatic carbocycles. The Morgan fingerprint density at radius 2 is 1.56 bits per heavy atom. The number of alkyl halides is 3. The number of rotatable bonds is 6. The van der Waals surface area contributed by atoms with E-state index in [9.17, 15) is 17.4 Å². The molecule has 9 heteroatoms. The van der Waals surface area contributed by atoms with Crippen molar-refractivity contribution in [3.05, 3.63) is 48.0 Å². The fourth-order valence-corrected chi connectivity index (χ4v) is 5.81. The number of hydrogen-bond donors (Lipinski definition) is 1. The molecule has 0 aliphatic carbocycles. The lowest BCUT2D eigenvalue weighted by Gasteiger charge is -2.33. The Morgan fingerprint density at radius 3 is 2.28 bits per heavy atom. The minimum absolute atomic E-state index is 0.162. The zero-order valence-corrected chi connectivity index (χ0v) is 18.7. The second kappa shape index (κ2) is 9.91. The Morgan fingerprint density at radius 1 is 0.875 bits per heavy atom. The predicted octanol–water partition coefficient (Wildman–Crippen LogP) is 3.71. The first-order valence-corrected chi connectivity index (χ1v) is 12.1. The highest BCUT2D eigenvalue weighted by Gasteiger charge is 2.34. The van der Waals surface area contributed by atoms with Crippen molar-refractivity contribution in [2.45, 2.75) is 28.8 Å². The summed E-state index contributed by atoms with van der Waals surface area (Å²) in [5, 5.41) is 9.16. The average Bonchev–Trinajstić information content (AvgIpc) is 3.00. The summed E-state index contributed by atoms with van der Waals surface area (Å²) in [6.45, 7) is 5.98. The van der Waals surface area contributed by atoms with E-state index in [2.05, 4.69) is 9.80 Å². The molecule has 0 saturated carbocycles. The Bertz CT molecular complexity index is 970. The van der Waals surface area contributed by atoms with E-state index in [0.717, 1.165) is 57.7 Å². The maximum Gasteiger partial charge on any atom is 0.416 e. The van der Waals surface area contributed by atoms with Crippen molar-refractivity contribution in [1.29, 1.82) is 0 Å². The lowest BCUT2D eigenvalue weighted by molar-refractivity contribution is -0.137. The van der Waals surface area contributed by atoms with Crippen LogP contribution < -0.4 is 4.90 Å². The van der Waals surface area contributed by atoms with Gasteiger partial charge in [0.05, 0.1) is 44.1 Å². The van der Waals surface area contributed by atoms with Crippen LogP contribution in [0.3, 0.4) is 0 Å². The molecule has 4 rings (SSSR count). The summed E-state index contributed by atoms with van der Waals surface area (Å²) in [4.78, 5) is 7.57. The van der Waals surface area contributed by atoms with Gasteiger partial charge in [0.1, 0.15) is 0 Å². The van der Waals surface area contributed by atoms with Crippen molar-refractivity contribution < 1.29 is 22.5 Å². The Balaban J connectivity index is 1.52. The molecule has 32 heavy (non-hydrogen) atoms. The van der Waals surface area contributed by atoms with E-state index in [0.29, 0.717) is 34.3 Å². The maximum absolute atomic E-state index is 13.4. The molecule has 2 aliphatic heterocycles. The fraction of sp³-hybridized carbons (Fsp3) is 0.478. The number of hydrogen-bond acceptors (Lipinski definition) is 5. The average molecular weight is 468 g/mol. The van der Waals surface area contributed by atoms with Gasteiger partial charge < -0.3 is 14.9 Å². The van der Waals surface area contributed by atoms with Gasteiger partial charge in [-0.2, -0.15) is 13.2 Å². The number of benzene rings is 2. The number of β-amino-alcohol motifs (C(OH)–C–C–N with tert-alkyl or cyclic N) is 1.